The lowest BCUT2D eigenvalue weighted by molar-refractivity contribution is -0.151. The fourth-order valence-electron chi connectivity index (χ4n) is 2.23. The summed E-state index contributed by atoms with van der Waals surface area (Å²) in [6.45, 7) is 3.46. The third-order valence-electron chi connectivity index (χ3n) is 3.23. The van der Waals surface area contributed by atoms with Gasteiger partial charge in [-0.25, -0.2) is 0 Å². The number of hydrogen-bond donors (Lipinski definition) is 0. The fraction of sp³-hybridized carbons (Fsp3) is 0.571. The number of carbonyl (C=O) groups excluding carboxylic acids is 2. The third kappa shape index (κ3) is 4.24. The Bertz CT molecular complexity index is 447. The second kappa shape index (κ2) is 7.69. The number of thiophene rings is 1. The van der Waals surface area contributed by atoms with Crippen LogP contribution in [0.2, 0.25) is 0 Å². The molecular formula is C14H19NO3S2. The van der Waals surface area contributed by atoms with Crippen molar-refractivity contribution in [1.82, 2.24) is 4.90 Å². The van der Waals surface area contributed by atoms with Crippen molar-refractivity contribution in [1.29, 1.82) is 0 Å². The number of nitrogens with zero attached hydrogens (tertiary/aromatic N) is 1. The van der Waals surface area contributed by atoms with E-state index in [0.717, 1.165) is 23.6 Å². The van der Waals surface area contributed by atoms with Gasteiger partial charge in [-0.2, -0.15) is 0 Å². The zero-order chi connectivity index (χ0) is 14.4. The molecule has 20 heavy (non-hydrogen) atoms. The standard InChI is InChI=1S/C14H19NO3S2/c1-2-18-14(17)11-5-3-7-15(9-11)12(16)10-20-13-6-4-8-19-13/h4,6,8,11H,2-3,5,7,9-10H2,1H3. The largest absolute Gasteiger partial charge is 0.466 e. The van der Waals surface area contributed by atoms with Crippen LogP contribution in [-0.4, -0.2) is 42.2 Å². The molecule has 1 amide bonds. The molecule has 1 saturated heterocycles. The van der Waals surface area contributed by atoms with Gasteiger partial charge in [-0.05, 0) is 31.2 Å². The number of thioether (sulfide) groups is 1. The van der Waals surface area contributed by atoms with Crippen LogP contribution in [0.4, 0.5) is 0 Å². The van der Waals surface area contributed by atoms with Gasteiger partial charge in [0.05, 0.1) is 22.5 Å². The SMILES string of the molecule is CCOC(=O)C1CCCN(C(=O)CSc2cccs2)C1. The topological polar surface area (TPSA) is 46.6 Å². The van der Waals surface area contributed by atoms with E-state index in [9.17, 15) is 9.59 Å². The molecule has 0 spiro atoms. The first-order chi connectivity index (χ1) is 9.70. The number of rotatable bonds is 5. The van der Waals surface area contributed by atoms with E-state index >= 15 is 0 Å². The van der Waals surface area contributed by atoms with Gasteiger partial charge in [-0.1, -0.05) is 6.07 Å². The highest BCUT2D eigenvalue weighted by atomic mass is 32.2. The normalized spacial score (nSPS) is 18.9. The maximum atomic E-state index is 12.2. The molecule has 1 aliphatic heterocycles. The van der Waals surface area contributed by atoms with E-state index in [0.29, 0.717) is 18.9 Å². The van der Waals surface area contributed by atoms with Gasteiger partial charge in [0.2, 0.25) is 5.91 Å². The summed E-state index contributed by atoms with van der Waals surface area (Å²) in [4.78, 5) is 25.7. The molecule has 0 aliphatic carbocycles. The molecule has 0 N–H and O–H groups in total. The molecule has 0 radical (unpaired) electrons. The number of hydrogen-bond acceptors (Lipinski definition) is 5. The zero-order valence-corrected chi connectivity index (χ0v) is 13.2. The van der Waals surface area contributed by atoms with E-state index in [2.05, 4.69) is 0 Å². The molecule has 1 atom stereocenters. The number of piperidine rings is 1. The minimum atomic E-state index is -0.170. The van der Waals surface area contributed by atoms with Crippen LogP contribution in [-0.2, 0) is 14.3 Å². The summed E-state index contributed by atoms with van der Waals surface area (Å²) < 4.78 is 6.20. The number of likely N-dealkylation sites (tertiary alicyclic amines) is 1. The average Bonchev–Trinajstić information content (AvgIpc) is 2.98. The van der Waals surface area contributed by atoms with Gasteiger partial charge in [0.1, 0.15) is 0 Å². The predicted molar refractivity (Wildman–Crippen MR) is 81.0 cm³/mol. The molecule has 1 aliphatic rings. The molecule has 4 nitrogen and oxygen atoms in total. The molecule has 110 valence electrons. The minimum absolute atomic E-state index is 0.109. The summed E-state index contributed by atoms with van der Waals surface area (Å²) >= 11 is 3.20. The third-order valence-corrected chi connectivity index (χ3v) is 5.34. The highest BCUT2D eigenvalue weighted by Gasteiger charge is 2.29. The van der Waals surface area contributed by atoms with Crippen LogP contribution in [0.5, 0.6) is 0 Å². The highest BCUT2D eigenvalue weighted by Crippen LogP contribution is 2.25. The van der Waals surface area contributed by atoms with Crippen molar-refractivity contribution >= 4 is 35.0 Å². The Hall–Kier alpha value is -1.01. The first-order valence-corrected chi connectivity index (χ1v) is 8.68. The van der Waals surface area contributed by atoms with E-state index in [-0.39, 0.29) is 17.8 Å². The van der Waals surface area contributed by atoms with Crippen molar-refractivity contribution in [3.8, 4) is 0 Å². The second-order valence-electron chi connectivity index (χ2n) is 4.65. The summed E-state index contributed by atoms with van der Waals surface area (Å²) in [5, 5.41) is 2.00. The number of amides is 1. The Labute approximate surface area is 127 Å². The number of ether oxygens (including phenoxy) is 1. The quantitative estimate of drug-likeness (QED) is 0.619. The van der Waals surface area contributed by atoms with Gasteiger partial charge in [-0.3, -0.25) is 9.59 Å². The molecule has 1 aromatic rings. The van der Waals surface area contributed by atoms with Gasteiger partial charge in [0.25, 0.3) is 0 Å². The monoisotopic (exact) mass is 313 g/mol. The van der Waals surface area contributed by atoms with Crippen LogP contribution < -0.4 is 0 Å². The first-order valence-electron chi connectivity index (χ1n) is 6.81. The smallest absolute Gasteiger partial charge is 0.310 e. The van der Waals surface area contributed by atoms with Crippen molar-refractivity contribution < 1.29 is 14.3 Å². The van der Waals surface area contributed by atoms with Gasteiger partial charge < -0.3 is 9.64 Å². The number of carbonyl (C=O) groups is 2. The Morgan fingerprint density at radius 1 is 1.55 bits per heavy atom. The number of esters is 1. The van der Waals surface area contributed by atoms with Gasteiger partial charge in [0.15, 0.2) is 0 Å². The molecule has 2 heterocycles. The molecule has 1 fully saturated rings. The Kier molecular flexibility index (Phi) is 5.91. The van der Waals surface area contributed by atoms with Gasteiger partial charge in [-0.15, -0.1) is 23.1 Å². The Balaban J connectivity index is 1.81. The summed E-state index contributed by atoms with van der Waals surface area (Å²) in [6, 6.07) is 4.00. The van der Waals surface area contributed by atoms with E-state index in [1.807, 2.05) is 17.5 Å². The zero-order valence-electron chi connectivity index (χ0n) is 11.5. The predicted octanol–water partition coefficient (Wildman–Crippen LogP) is 2.64. The van der Waals surface area contributed by atoms with Crippen LogP contribution in [0.15, 0.2) is 21.7 Å². The van der Waals surface area contributed by atoms with E-state index in [4.69, 9.17) is 4.74 Å². The first kappa shape index (κ1) is 15.4. The van der Waals surface area contributed by atoms with E-state index in [1.54, 1.807) is 34.9 Å². The van der Waals surface area contributed by atoms with Crippen LogP contribution in [0.3, 0.4) is 0 Å². The van der Waals surface area contributed by atoms with Crippen molar-refractivity contribution in [2.45, 2.75) is 24.0 Å². The Morgan fingerprint density at radius 3 is 3.10 bits per heavy atom. The average molecular weight is 313 g/mol. The maximum absolute atomic E-state index is 12.2. The second-order valence-corrected chi connectivity index (χ2v) is 6.88. The van der Waals surface area contributed by atoms with Gasteiger partial charge in [0, 0.05) is 13.1 Å². The molecule has 0 bridgehead atoms. The van der Waals surface area contributed by atoms with Crippen molar-refractivity contribution in [3.63, 3.8) is 0 Å². The summed E-state index contributed by atoms with van der Waals surface area (Å²) in [5.41, 5.74) is 0. The molecule has 0 aromatic carbocycles. The highest BCUT2D eigenvalue weighted by molar-refractivity contribution is 8.01. The molecule has 0 saturated carbocycles. The minimum Gasteiger partial charge on any atom is -0.466 e. The Morgan fingerprint density at radius 2 is 2.40 bits per heavy atom. The van der Waals surface area contributed by atoms with Crippen molar-refractivity contribution in [3.05, 3.63) is 17.5 Å². The van der Waals surface area contributed by atoms with Crippen molar-refractivity contribution in [2.24, 2.45) is 5.92 Å². The lowest BCUT2D eigenvalue weighted by atomic mass is 9.98. The molecule has 1 aromatic heterocycles. The summed E-state index contributed by atoms with van der Waals surface area (Å²) in [7, 11) is 0. The van der Waals surface area contributed by atoms with Crippen LogP contribution in [0.25, 0.3) is 0 Å². The summed E-state index contributed by atoms with van der Waals surface area (Å²) in [6.07, 6.45) is 1.69. The van der Waals surface area contributed by atoms with Gasteiger partial charge >= 0.3 is 5.97 Å². The maximum Gasteiger partial charge on any atom is 0.310 e. The lowest BCUT2D eigenvalue weighted by Crippen LogP contribution is -2.43. The molecule has 6 heteroatoms. The molecule has 2 rings (SSSR count). The van der Waals surface area contributed by atoms with E-state index < -0.39 is 0 Å². The van der Waals surface area contributed by atoms with Crippen LogP contribution in [0, 0.1) is 5.92 Å². The van der Waals surface area contributed by atoms with E-state index in [1.165, 1.54) is 0 Å². The molecular weight excluding hydrogens is 294 g/mol. The molecule has 1 unspecified atom stereocenters. The fourth-order valence-corrected chi connectivity index (χ4v) is 3.91. The van der Waals surface area contributed by atoms with Crippen molar-refractivity contribution in [2.75, 3.05) is 25.4 Å². The van der Waals surface area contributed by atoms with Crippen LogP contribution >= 0.6 is 23.1 Å². The lowest BCUT2D eigenvalue weighted by Gasteiger charge is -2.31. The van der Waals surface area contributed by atoms with Crippen LogP contribution in [0.1, 0.15) is 19.8 Å². The summed E-state index contributed by atoms with van der Waals surface area (Å²) in [5.74, 6) is 0.225.